The molecule has 0 radical (unpaired) electrons. The smallest absolute Gasteiger partial charge is 0.406 e. The van der Waals surface area contributed by atoms with E-state index in [1.807, 2.05) is 6.07 Å². The molecule has 7 heteroatoms. The van der Waals surface area contributed by atoms with Crippen molar-refractivity contribution in [1.82, 2.24) is 0 Å². The van der Waals surface area contributed by atoms with Gasteiger partial charge in [-0.15, -0.1) is 13.2 Å². The molecule has 0 bridgehead atoms. The van der Waals surface area contributed by atoms with Crippen LogP contribution in [0, 0.1) is 18.3 Å². The quantitative estimate of drug-likeness (QED) is 0.847. The number of hydrogen-bond acceptors (Lipinski definition) is 3. The fourth-order valence-electron chi connectivity index (χ4n) is 1.86. The highest BCUT2D eigenvalue weighted by atomic mass is 35.5. The lowest BCUT2D eigenvalue weighted by Gasteiger charge is -2.14. The van der Waals surface area contributed by atoms with E-state index in [2.05, 4.69) is 10.1 Å². The van der Waals surface area contributed by atoms with E-state index in [1.165, 1.54) is 18.2 Å². The van der Waals surface area contributed by atoms with Gasteiger partial charge in [-0.25, -0.2) is 0 Å². The lowest BCUT2D eigenvalue weighted by molar-refractivity contribution is -0.274. The minimum absolute atomic E-state index is 0.263. The molecule has 0 spiro atoms. The number of benzene rings is 2. The standard InChI is InChI=1S/C15H10ClF3N2O/c1-9-7-10(22-15(17,18)19)5-6-13(9)21-14-4-2-3-12(16)11(14)8-20/h2-7,21H,1H3. The highest BCUT2D eigenvalue weighted by Gasteiger charge is 2.31. The van der Waals surface area contributed by atoms with Crippen molar-refractivity contribution in [2.75, 3.05) is 5.32 Å². The highest BCUT2D eigenvalue weighted by Crippen LogP contribution is 2.31. The zero-order valence-electron chi connectivity index (χ0n) is 11.3. The Morgan fingerprint density at radius 3 is 2.50 bits per heavy atom. The van der Waals surface area contributed by atoms with Gasteiger partial charge in [0.25, 0.3) is 0 Å². The lowest BCUT2D eigenvalue weighted by Crippen LogP contribution is -2.17. The molecule has 0 aliphatic heterocycles. The van der Waals surface area contributed by atoms with E-state index in [1.54, 1.807) is 25.1 Å². The molecule has 0 heterocycles. The second-order valence-electron chi connectivity index (χ2n) is 4.42. The Labute approximate surface area is 129 Å². The monoisotopic (exact) mass is 326 g/mol. The van der Waals surface area contributed by atoms with Gasteiger partial charge in [-0.05, 0) is 42.8 Å². The van der Waals surface area contributed by atoms with Gasteiger partial charge in [-0.2, -0.15) is 5.26 Å². The van der Waals surface area contributed by atoms with Crippen LogP contribution in [0.15, 0.2) is 36.4 Å². The van der Waals surface area contributed by atoms with Gasteiger partial charge in [0.05, 0.1) is 16.3 Å². The molecule has 0 saturated heterocycles. The van der Waals surface area contributed by atoms with Crippen LogP contribution >= 0.6 is 11.6 Å². The summed E-state index contributed by atoms with van der Waals surface area (Å²) in [6.07, 6.45) is -4.73. The predicted octanol–water partition coefficient (Wildman–Crippen LogP) is 5.16. The van der Waals surface area contributed by atoms with Crippen molar-refractivity contribution >= 4 is 23.0 Å². The summed E-state index contributed by atoms with van der Waals surface area (Å²) in [7, 11) is 0. The number of alkyl halides is 3. The summed E-state index contributed by atoms with van der Waals surface area (Å²) < 4.78 is 40.4. The van der Waals surface area contributed by atoms with E-state index in [0.717, 1.165) is 0 Å². The van der Waals surface area contributed by atoms with Crippen LogP contribution in [0.25, 0.3) is 0 Å². The summed E-state index contributed by atoms with van der Waals surface area (Å²) in [5.41, 5.74) is 1.82. The third-order valence-corrected chi connectivity index (χ3v) is 3.14. The number of ether oxygens (including phenoxy) is 1. The largest absolute Gasteiger partial charge is 0.573 e. The van der Waals surface area contributed by atoms with Crippen LogP contribution < -0.4 is 10.1 Å². The van der Waals surface area contributed by atoms with Gasteiger partial charge in [0, 0.05) is 5.69 Å². The number of hydrogen-bond donors (Lipinski definition) is 1. The molecule has 3 nitrogen and oxygen atoms in total. The van der Waals surface area contributed by atoms with E-state index in [9.17, 15) is 13.2 Å². The molecule has 0 aliphatic carbocycles. The van der Waals surface area contributed by atoms with Crippen molar-refractivity contribution in [3.8, 4) is 11.8 Å². The molecular weight excluding hydrogens is 317 g/mol. The van der Waals surface area contributed by atoms with Crippen molar-refractivity contribution < 1.29 is 17.9 Å². The van der Waals surface area contributed by atoms with Crippen molar-refractivity contribution in [2.24, 2.45) is 0 Å². The first kappa shape index (κ1) is 16.0. The van der Waals surface area contributed by atoms with Crippen molar-refractivity contribution in [1.29, 1.82) is 5.26 Å². The third kappa shape index (κ3) is 3.83. The topological polar surface area (TPSA) is 45.0 Å². The number of nitrogens with zero attached hydrogens (tertiary/aromatic N) is 1. The van der Waals surface area contributed by atoms with Crippen LogP contribution in [0.4, 0.5) is 24.5 Å². The fraction of sp³-hybridized carbons (Fsp3) is 0.133. The Balaban J connectivity index is 2.29. The molecule has 0 saturated carbocycles. The Kier molecular flexibility index (Phi) is 4.48. The van der Waals surface area contributed by atoms with E-state index >= 15 is 0 Å². The average Bonchev–Trinajstić information content (AvgIpc) is 2.40. The van der Waals surface area contributed by atoms with Gasteiger partial charge in [-0.1, -0.05) is 17.7 Å². The molecule has 0 atom stereocenters. The first-order valence-electron chi connectivity index (χ1n) is 6.12. The first-order chi connectivity index (χ1) is 10.3. The zero-order valence-corrected chi connectivity index (χ0v) is 12.1. The minimum atomic E-state index is -4.73. The summed E-state index contributed by atoms with van der Waals surface area (Å²) in [4.78, 5) is 0. The summed E-state index contributed by atoms with van der Waals surface area (Å²) in [5, 5.41) is 12.4. The maximum atomic E-state index is 12.2. The molecule has 2 aromatic carbocycles. The summed E-state index contributed by atoms with van der Waals surface area (Å²) in [5.74, 6) is -0.304. The summed E-state index contributed by atoms with van der Waals surface area (Å²) >= 11 is 5.93. The Morgan fingerprint density at radius 1 is 1.18 bits per heavy atom. The molecule has 0 unspecified atom stereocenters. The molecule has 2 rings (SSSR count). The SMILES string of the molecule is Cc1cc(OC(F)(F)F)ccc1Nc1cccc(Cl)c1C#N. The van der Waals surface area contributed by atoms with Gasteiger partial charge < -0.3 is 10.1 Å². The van der Waals surface area contributed by atoms with Crippen LogP contribution in [0.1, 0.15) is 11.1 Å². The summed E-state index contributed by atoms with van der Waals surface area (Å²) in [6.45, 7) is 1.63. The average molecular weight is 327 g/mol. The number of nitriles is 1. The molecule has 2 aromatic rings. The van der Waals surface area contributed by atoms with Gasteiger partial charge >= 0.3 is 6.36 Å². The molecular formula is C15H10ClF3N2O. The number of nitrogens with one attached hydrogen (secondary N) is 1. The van der Waals surface area contributed by atoms with Gasteiger partial charge in [0.15, 0.2) is 0 Å². The van der Waals surface area contributed by atoms with Gasteiger partial charge in [-0.3, -0.25) is 0 Å². The Morgan fingerprint density at radius 2 is 1.91 bits per heavy atom. The van der Waals surface area contributed by atoms with E-state index < -0.39 is 6.36 Å². The van der Waals surface area contributed by atoms with E-state index in [4.69, 9.17) is 16.9 Å². The minimum Gasteiger partial charge on any atom is -0.406 e. The number of rotatable bonds is 3. The number of anilines is 2. The van der Waals surface area contributed by atoms with Crippen LogP contribution in [0.2, 0.25) is 5.02 Å². The highest BCUT2D eigenvalue weighted by molar-refractivity contribution is 6.32. The van der Waals surface area contributed by atoms with Crippen molar-refractivity contribution in [2.45, 2.75) is 13.3 Å². The van der Waals surface area contributed by atoms with Crippen molar-refractivity contribution in [3.05, 3.63) is 52.5 Å². The van der Waals surface area contributed by atoms with Crippen molar-refractivity contribution in [3.63, 3.8) is 0 Å². The number of aryl methyl sites for hydroxylation is 1. The molecule has 1 N–H and O–H groups in total. The number of halogens is 4. The van der Waals surface area contributed by atoms with E-state index in [-0.39, 0.29) is 11.3 Å². The second-order valence-corrected chi connectivity index (χ2v) is 4.83. The normalized spacial score (nSPS) is 10.9. The van der Waals surface area contributed by atoms with Gasteiger partial charge in [0.2, 0.25) is 0 Å². The van der Waals surface area contributed by atoms with Crippen LogP contribution in [0.5, 0.6) is 5.75 Å². The third-order valence-electron chi connectivity index (χ3n) is 2.83. The van der Waals surface area contributed by atoms with Crippen LogP contribution in [-0.4, -0.2) is 6.36 Å². The lowest BCUT2D eigenvalue weighted by atomic mass is 10.1. The predicted molar refractivity (Wildman–Crippen MR) is 77.3 cm³/mol. The van der Waals surface area contributed by atoms with E-state index in [0.29, 0.717) is 22.0 Å². The molecule has 114 valence electrons. The molecule has 0 aromatic heterocycles. The molecule has 0 amide bonds. The molecule has 22 heavy (non-hydrogen) atoms. The Bertz CT molecular complexity index is 739. The molecule has 0 aliphatic rings. The maximum Gasteiger partial charge on any atom is 0.573 e. The fourth-order valence-corrected chi connectivity index (χ4v) is 2.08. The van der Waals surface area contributed by atoms with Gasteiger partial charge in [0.1, 0.15) is 11.8 Å². The van der Waals surface area contributed by atoms with Crippen LogP contribution in [-0.2, 0) is 0 Å². The second kappa shape index (κ2) is 6.16. The maximum absolute atomic E-state index is 12.2. The van der Waals surface area contributed by atoms with Crippen LogP contribution in [0.3, 0.4) is 0 Å². The summed E-state index contributed by atoms with van der Waals surface area (Å²) in [6, 6.07) is 10.8. The first-order valence-corrected chi connectivity index (χ1v) is 6.50. The zero-order chi connectivity index (χ0) is 16.3. The molecule has 0 fully saturated rings. The Hall–Kier alpha value is -2.39.